The topological polar surface area (TPSA) is 107 Å². The van der Waals surface area contributed by atoms with Crippen LogP contribution in [0.15, 0.2) is 27.6 Å². The number of carboxylic acids is 1. The standard InChI is InChI=1S/C12H13BrN2O4S/c13-10-8-9(12(16)17)4-5-11(10)20(18,19)15-7-3-1-2-6-14/h4-5,8,15H,1-3,7H2,(H,16,17). The van der Waals surface area contributed by atoms with Gasteiger partial charge >= 0.3 is 5.97 Å². The number of nitrogens with zero attached hydrogens (tertiary/aromatic N) is 1. The zero-order chi connectivity index (χ0) is 15.2. The number of benzene rings is 1. The van der Waals surface area contributed by atoms with E-state index in [0.717, 1.165) is 0 Å². The molecule has 108 valence electrons. The Kier molecular flexibility index (Phi) is 6.13. The third-order valence-electron chi connectivity index (χ3n) is 2.48. The molecule has 0 fully saturated rings. The first-order chi connectivity index (χ1) is 9.38. The average Bonchev–Trinajstić information content (AvgIpc) is 2.37. The van der Waals surface area contributed by atoms with E-state index in [2.05, 4.69) is 20.7 Å². The summed E-state index contributed by atoms with van der Waals surface area (Å²) in [6.45, 7) is 0.233. The maximum atomic E-state index is 12.0. The molecule has 20 heavy (non-hydrogen) atoms. The Balaban J connectivity index is 2.78. The second kappa shape index (κ2) is 7.38. The molecule has 0 aromatic heterocycles. The Hall–Kier alpha value is -1.43. The predicted octanol–water partition coefficient (Wildman–Crippen LogP) is 2.12. The molecule has 0 bridgehead atoms. The largest absolute Gasteiger partial charge is 0.478 e. The Bertz CT molecular complexity index is 637. The van der Waals surface area contributed by atoms with E-state index in [9.17, 15) is 13.2 Å². The van der Waals surface area contributed by atoms with E-state index in [0.29, 0.717) is 19.3 Å². The highest BCUT2D eigenvalue weighted by Crippen LogP contribution is 2.23. The summed E-state index contributed by atoms with van der Waals surface area (Å²) in [5.74, 6) is -1.13. The van der Waals surface area contributed by atoms with Gasteiger partial charge in [-0.3, -0.25) is 0 Å². The SMILES string of the molecule is N#CCCCCNS(=O)(=O)c1ccc(C(=O)O)cc1Br. The van der Waals surface area contributed by atoms with Crippen LogP contribution < -0.4 is 4.72 Å². The van der Waals surface area contributed by atoms with Crippen molar-refractivity contribution in [1.82, 2.24) is 4.72 Å². The van der Waals surface area contributed by atoms with Crippen LogP contribution >= 0.6 is 15.9 Å². The Morgan fingerprint density at radius 1 is 1.40 bits per heavy atom. The molecule has 1 aromatic carbocycles. The number of aromatic carboxylic acids is 1. The second-order valence-electron chi connectivity index (χ2n) is 3.96. The molecule has 0 aliphatic carbocycles. The van der Waals surface area contributed by atoms with E-state index in [4.69, 9.17) is 10.4 Å². The van der Waals surface area contributed by atoms with Crippen LogP contribution in [0.25, 0.3) is 0 Å². The van der Waals surface area contributed by atoms with Crippen molar-refractivity contribution in [2.75, 3.05) is 6.54 Å². The minimum atomic E-state index is -3.69. The number of rotatable bonds is 7. The first kappa shape index (κ1) is 16.6. The fourth-order valence-corrected chi connectivity index (χ4v) is 3.61. The van der Waals surface area contributed by atoms with Crippen LogP contribution in [0.1, 0.15) is 29.6 Å². The van der Waals surface area contributed by atoms with Gasteiger partial charge in [0, 0.05) is 17.4 Å². The van der Waals surface area contributed by atoms with Crippen LogP contribution in [0.5, 0.6) is 0 Å². The number of nitriles is 1. The molecule has 0 aliphatic rings. The molecule has 1 rings (SSSR count). The van der Waals surface area contributed by atoms with Gasteiger partial charge in [-0.1, -0.05) is 0 Å². The summed E-state index contributed by atoms with van der Waals surface area (Å²) in [6, 6.07) is 5.70. The van der Waals surface area contributed by atoms with E-state index < -0.39 is 16.0 Å². The van der Waals surface area contributed by atoms with Gasteiger partial charge in [0.1, 0.15) is 0 Å². The monoisotopic (exact) mass is 360 g/mol. The first-order valence-electron chi connectivity index (χ1n) is 5.78. The number of halogens is 1. The summed E-state index contributed by atoms with van der Waals surface area (Å²) >= 11 is 3.06. The number of carboxylic acid groups (broad SMARTS) is 1. The van der Waals surface area contributed by atoms with Gasteiger partial charge < -0.3 is 5.11 Å². The molecule has 8 heteroatoms. The zero-order valence-corrected chi connectivity index (χ0v) is 12.9. The molecular formula is C12H13BrN2O4S. The normalized spacial score (nSPS) is 11.0. The molecule has 0 radical (unpaired) electrons. The lowest BCUT2D eigenvalue weighted by atomic mass is 10.2. The minimum Gasteiger partial charge on any atom is -0.478 e. The number of sulfonamides is 1. The van der Waals surface area contributed by atoms with Gasteiger partial charge in [-0.2, -0.15) is 5.26 Å². The second-order valence-corrected chi connectivity index (χ2v) is 6.55. The summed E-state index contributed by atoms with van der Waals surface area (Å²) < 4.78 is 26.6. The van der Waals surface area contributed by atoms with Gasteiger partial charge in [0.2, 0.25) is 10.0 Å². The van der Waals surface area contributed by atoms with E-state index in [1.165, 1.54) is 18.2 Å². The molecule has 6 nitrogen and oxygen atoms in total. The van der Waals surface area contributed by atoms with Gasteiger partial charge in [-0.05, 0) is 47.0 Å². The van der Waals surface area contributed by atoms with Gasteiger partial charge in [0.25, 0.3) is 0 Å². The van der Waals surface area contributed by atoms with Crippen molar-refractivity contribution in [3.63, 3.8) is 0 Å². The molecule has 0 saturated carbocycles. The van der Waals surface area contributed by atoms with Crippen molar-refractivity contribution in [2.45, 2.75) is 24.2 Å². The van der Waals surface area contributed by atoms with Crippen molar-refractivity contribution in [3.05, 3.63) is 28.2 Å². The maximum absolute atomic E-state index is 12.0. The van der Waals surface area contributed by atoms with Gasteiger partial charge in [0.15, 0.2) is 0 Å². The van der Waals surface area contributed by atoms with Crippen LogP contribution in [0, 0.1) is 11.3 Å². The molecule has 0 unspecified atom stereocenters. The number of unbranched alkanes of at least 4 members (excludes halogenated alkanes) is 2. The van der Waals surface area contributed by atoms with Crippen LogP contribution in [-0.2, 0) is 10.0 Å². The lowest BCUT2D eigenvalue weighted by Crippen LogP contribution is -2.25. The van der Waals surface area contributed by atoms with Crippen molar-refractivity contribution in [2.24, 2.45) is 0 Å². The molecule has 0 saturated heterocycles. The van der Waals surface area contributed by atoms with Crippen LogP contribution in [-0.4, -0.2) is 26.0 Å². The summed E-state index contributed by atoms with van der Waals surface area (Å²) in [5, 5.41) is 17.2. The molecule has 0 spiro atoms. The highest BCUT2D eigenvalue weighted by atomic mass is 79.9. The highest BCUT2D eigenvalue weighted by molar-refractivity contribution is 9.10. The summed E-state index contributed by atoms with van der Waals surface area (Å²) in [5.41, 5.74) is 0.00449. The van der Waals surface area contributed by atoms with Gasteiger partial charge in [0.05, 0.1) is 16.5 Å². The first-order valence-corrected chi connectivity index (χ1v) is 8.05. The lowest BCUT2D eigenvalue weighted by molar-refractivity contribution is 0.0696. The molecule has 0 heterocycles. The van der Waals surface area contributed by atoms with Crippen LogP contribution in [0.3, 0.4) is 0 Å². The Morgan fingerprint density at radius 3 is 2.65 bits per heavy atom. The minimum absolute atomic E-state index is 0.00449. The maximum Gasteiger partial charge on any atom is 0.335 e. The average molecular weight is 361 g/mol. The van der Waals surface area contributed by atoms with E-state index >= 15 is 0 Å². The van der Waals surface area contributed by atoms with Crippen LogP contribution in [0.4, 0.5) is 0 Å². The Morgan fingerprint density at radius 2 is 2.10 bits per heavy atom. The number of hydrogen-bond acceptors (Lipinski definition) is 4. The molecular weight excluding hydrogens is 348 g/mol. The number of carbonyl (C=O) groups is 1. The predicted molar refractivity (Wildman–Crippen MR) is 75.8 cm³/mol. The molecule has 0 aliphatic heterocycles. The quantitative estimate of drug-likeness (QED) is 0.724. The molecule has 0 atom stereocenters. The van der Waals surface area contributed by atoms with Crippen molar-refractivity contribution >= 4 is 31.9 Å². The molecule has 2 N–H and O–H groups in total. The van der Waals surface area contributed by atoms with Crippen molar-refractivity contribution < 1.29 is 18.3 Å². The van der Waals surface area contributed by atoms with Crippen molar-refractivity contribution in [3.8, 4) is 6.07 Å². The summed E-state index contributed by atoms with van der Waals surface area (Å²) in [4.78, 5) is 10.8. The Labute approximate surface area is 125 Å². The summed E-state index contributed by atoms with van der Waals surface area (Å²) in [7, 11) is -3.69. The number of nitrogens with one attached hydrogen (secondary N) is 1. The smallest absolute Gasteiger partial charge is 0.335 e. The van der Waals surface area contributed by atoms with E-state index in [1.54, 1.807) is 0 Å². The van der Waals surface area contributed by atoms with Gasteiger partial charge in [-0.25, -0.2) is 17.9 Å². The lowest BCUT2D eigenvalue weighted by Gasteiger charge is -2.08. The molecule has 0 amide bonds. The molecule has 1 aromatic rings. The highest BCUT2D eigenvalue weighted by Gasteiger charge is 2.18. The van der Waals surface area contributed by atoms with Gasteiger partial charge in [-0.15, -0.1) is 0 Å². The van der Waals surface area contributed by atoms with Crippen molar-refractivity contribution in [1.29, 1.82) is 5.26 Å². The fraction of sp³-hybridized carbons (Fsp3) is 0.333. The zero-order valence-electron chi connectivity index (χ0n) is 10.5. The fourth-order valence-electron chi connectivity index (χ4n) is 1.47. The van der Waals surface area contributed by atoms with Crippen LogP contribution in [0.2, 0.25) is 0 Å². The van der Waals surface area contributed by atoms with E-state index in [-0.39, 0.29) is 21.5 Å². The van der Waals surface area contributed by atoms with E-state index in [1.807, 2.05) is 6.07 Å². The summed E-state index contributed by atoms with van der Waals surface area (Å²) in [6.07, 6.45) is 1.58. The number of hydrogen-bond donors (Lipinski definition) is 2. The third kappa shape index (κ3) is 4.59. The third-order valence-corrected chi connectivity index (χ3v) is 4.91.